The van der Waals surface area contributed by atoms with Gasteiger partial charge in [-0.25, -0.2) is 4.39 Å². The van der Waals surface area contributed by atoms with Crippen molar-refractivity contribution >= 4 is 0 Å². The summed E-state index contributed by atoms with van der Waals surface area (Å²) in [7, 11) is 0. The molecular formula is C13H18F4N2O. The molecule has 0 saturated heterocycles. The molecule has 0 aliphatic heterocycles. The van der Waals surface area contributed by atoms with Crippen molar-refractivity contribution in [2.45, 2.75) is 25.2 Å². The first-order valence-electron chi connectivity index (χ1n) is 6.17. The molecule has 0 amide bonds. The average Bonchev–Trinajstić information content (AvgIpc) is 2.26. The van der Waals surface area contributed by atoms with E-state index in [-0.39, 0.29) is 6.54 Å². The standard InChI is InChI=1S/C13H18F4N2O/c1-9(18)12(10-3-2-4-11(14)7-10)19(5-6-20)8-13(15,16)17/h2-4,7,9,12,20H,5-6,8,18H2,1H3. The number of hydrogen-bond acceptors (Lipinski definition) is 3. The fourth-order valence-corrected chi connectivity index (χ4v) is 2.21. The minimum absolute atomic E-state index is 0.192. The third-order valence-electron chi connectivity index (χ3n) is 2.85. The molecule has 0 saturated carbocycles. The summed E-state index contributed by atoms with van der Waals surface area (Å²) >= 11 is 0. The van der Waals surface area contributed by atoms with E-state index >= 15 is 0 Å². The molecule has 114 valence electrons. The van der Waals surface area contributed by atoms with E-state index in [4.69, 9.17) is 10.8 Å². The van der Waals surface area contributed by atoms with Crippen LogP contribution in [0.2, 0.25) is 0 Å². The second-order valence-electron chi connectivity index (χ2n) is 4.67. The Bertz CT molecular complexity index is 423. The van der Waals surface area contributed by atoms with Gasteiger partial charge in [0.15, 0.2) is 0 Å². The fourth-order valence-electron chi connectivity index (χ4n) is 2.21. The summed E-state index contributed by atoms with van der Waals surface area (Å²) in [5.74, 6) is -0.538. The predicted octanol–water partition coefficient (Wildman–Crippen LogP) is 2.07. The number of halogens is 4. The molecule has 0 aliphatic carbocycles. The van der Waals surface area contributed by atoms with E-state index in [0.717, 1.165) is 11.0 Å². The van der Waals surface area contributed by atoms with Crippen molar-refractivity contribution < 1.29 is 22.7 Å². The number of alkyl halides is 3. The Kier molecular flexibility index (Phi) is 5.91. The molecule has 0 heterocycles. The lowest BCUT2D eigenvalue weighted by Gasteiger charge is -2.34. The van der Waals surface area contributed by atoms with Crippen molar-refractivity contribution in [2.75, 3.05) is 19.7 Å². The lowest BCUT2D eigenvalue weighted by molar-refractivity contribution is -0.153. The quantitative estimate of drug-likeness (QED) is 0.790. The molecule has 0 fully saturated rings. The average molecular weight is 294 g/mol. The van der Waals surface area contributed by atoms with Crippen LogP contribution in [-0.2, 0) is 0 Å². The molecule has 1 aromatic carbocycles. The lowest BCUT2D eigenvalue weighted by atomic mass is 9.99. The maximum atomic E-state index is 13.2. The summed E-state index contributed by atoms with van der Waals surface area (Å²) in [6.07, 6.45) is -4.42. The molecule has 1 rings (SSSR count). The molecule has 0 aromatic heterocycles. The fraction of sp³-hybridized carbons (Fsp3) is 0.538. The first-order chi connectivity index (χ1) is 9.24. The summed E-state index contributed by atoms with van der Waals surface area (Å²) in [4.78, 5) is 1.01. The van der Waals surface area contributed by atoms with Gasteiger partial charge in [0, 0.05) is 12.6 Å². The van der Waals surface area contributed by atoms with Crippen LogP contribution in [0, 0.1) is 5.82 Å². The Balaban J connectivity index is 3.08. The van der Waals surface area contributed by atoms with Gasteiger partial charge in [0.1, 0.15) is 5.82 Å². The first kappa shape index (κ1) is 16.9. The van der Waals surface area contributed by atoms with Crippen molar-refractivity contribution in [3.63, 3.8) is 0 Å². The SMILES string of the molecule is CC(N)C(c1cccc(F)c1)N(CCO)CC(F)(F)F. The maximum Gasteiger partial charge on any atom is 0.401 e. The van der Waals surface area contributed by atoms with Crippen LogP contribution in [0.15, 0.2) is 24.3 Å². The highest BCUT2D eigenvalue weighted by molar-refractivity contribution is 5.21. The Morgan fingerprint density at radius 3 is 2.45 bits per heavy atom. The van der Waals surface area contributed by atoms with Crippen molar-refractivity contribution in [1.29, 1.82) is 0 Å². The zero-order chi connectivity index (χ0) is 15.3. The number of aliphatic hydroxyl groups excluding tert-OH is 1. The van der Waals surface area contributed by atoms with E-state index in [1.54, 1.807) is 6.92 Å². The summed E-state index contributed by atoms with van der Waals surface area (Å²) in [6.45, 7) is -0.288. The number of aliphatic hydroxyl groups is 1. The van der Waals surface area contributed by atoms with Gasteiger partial charge >= 0.3 is 6.18 Å². The number of nitrogens with zero attached hydrogens (tertiary/aromatic N) is 1. The van der Waals surface area contributed by atoms with Crippen molar-refractivity contribution in [3.05, 3.63) is 35.6 Å². The largest absolute Gasteiger partial charge is 0.401 e. The molecule has 3 nitrogen and oxygen atoms in total. The van der Waals surface area contributed by atoms with Gasteiger partial charge < -0.3 is 10.8 Å². The number of hydrogen-bond donors (Lipinski definition) is 2. The third kappa shape index (κ3) is 5.07. The molecule has 1 aromatic rings. The summed E-state index contributed by atoms with van der Waals surface area (Å²) in [5.41, 5.74) is 6.11. The molecule has 2 unspecified atom stereocenters. The second-order valence-corrected chi connectivity index (χ2v) is 4.67. The minimum atomic E-state index is -4.42. The number of nitrogens with two attached hydrogens (primary N) is 1. The molecular weight excluding hydrogens is 276 g/mol. The smallest absolute Gasteiger partial charge is 0.395 e. The van der Waals surface area contributed by atoms with Crippen molar-refractivity contribution in [2.24, 2.45) is 5.73 Å². The topological polar surface area (TPSA) is 49.5 Å². The highest BCUT2D eigenvalue weighted by Gasteiger charge is 2.35. The molecule has 0 aliphatic rings. The van der Waals surface area contributed by atoms with Crippen LogP contribution >= 0.6 is 0 Å². The van der Waals surface area contributed by atoms with Gasteiger partial charge in [0.2, 0.25) is 0 Å². The van der Waals surface area contributed by atoms with E-state index in [9.17, 15) is 17.6 Å². The summed E-state index contributed by atoms with van der Waals surface area (Å²) in [5, 5.41) is 8.94. The van der Waals surface area contributed by atoms with Crippen LogP contribution in [0.1, 0.15) is 18.5 Å². The Hall–Kier alpha value is -1.18. The molecule has 2 atom stereocenters. The highest BCUT2D eigenvalue weighted by Crippen LogP contribution is 2.28. The van der Waals surface area contributed by atoms with Crippen molar-refractivity contribution in [1.82, 2.24) is 4.90 Å². The van der Waals surface area contributed by atoms with Crippen LogP contribution in [0.3, 0.4) is 0 Å². The van der Waals surface area contributed by atoms with E-state index in [2.05, 4.69) is 0 Å². The van der Waals surface area contributed by atoms with E-state index in [1.165, 1.54) is 18.2 Å². The Morgan fingerprint density at radius 2 is 2.00 bits per heavy atom. The number of benzene rings is 1. The third-order valence-corrected chi connectivity index (χ3v) is 2.85. The Labute approximate surface area is 115 Å². The number of rotatable bonds is 6. The molecule has 0 spiro atoms. The van der Waals surface area contributed by atoms with E-state index in [1.807, 2.05) is 0 Å². The van der Waals surface area contributed by atoms with Gasteiger partial charge in [-0.2, -0.15) is 13.2 Å². The van der Waals surface area contributed by atoms with Gasteiger partial charge in [-0.1, -0.05) is 12.1 Å². The van der Waals surface area contributed by atoms with Crippen LogP contribution in [0.5, 0.6) is 0 Å². The first-order valence-corrected chi connectivity index (χ1v) is 6.17. The monoisotopic (exact) mass is 294 g/mol. The predicted molar refractivity (Wildman–Crippen MR) is 67.5 cm³/mol. The van der Waals surface area contributed by atoms with Crippen molar-refractivity contribution in [3.8, 4) is 0 Å². The van der Waals surface area contributed by atoms with Gasteiger partial charge in [-0.15, -0.1) is 0 Å². The maximum absolute atomic E-state index is 13.2. The summed E-state index contributed by atoms with van der Waals surface area (Å²) < 4.78 is 51.1. The lowest BCUT2D eigenvalue weighted by Crippen LogP contribution is -2.45. The Morgan fingerprint density at radius 1 is 1.35 bits per heavy atom. The molecule has 0 radical (unpaired) electrons. The van der Waals surface area contributed by atoms with Crippen LogP contribution in [0.25, 0.3) is 0 Å². The van der Waals surface area contributed by atoms with Gasteiger partial charge in [-0.05, 0) is 24.6 Å². The van der Waals surface area contributed by atoms with Gasteiger partial charge in [0.05, 0.1) is 19.2 Å². The molecule has 7 heteroatoms. The highest BCUT2D eigenvalue weighted by atomic mass is 19.4. The molecule has 3 N–H and O–H groups in total. The normalized spacial score (nSPS) is 15.4. The minimum Gasteiger partial charge on any atom is -0.395 e. The molecule has 20 heavy (non-hydrogen) atoms. The van der Waals surface area contributed by atoms with Crippen LogP contribution < -0.4 is 5.73 Å². The van der Waals surface area contributed by atoms with E-state index < -0.39 is 37.2 Å². The van der Waals surface area contributed by atoms with Gasteiger partial charge in [-0.3, -0.25) is 4.90 Å². The molecule has 0 bridgehead atoms. The zero-order valence-electron chi connectivity index (χ0n) is 11.1. The zero-order valence-corrected chi connectivity index (χ0v) is 11.1. The summed E-state index contributed by atoms with van der Waals surface area (Å²) in [6, 6.07) is 3.85. The second kappa shape index (κ2) is 7.01. The van der Waals surface area contributed by atoms with Crippen LogP contribution in [-0.4, -0.2) is 41.9 Å². The van der Waals surface area contributed by atoms with Crippen LogP contribution in [0.4, 0.5) is 17.6 Å². The van der Waals surface area contributed by atoms with Gasteiger partial charge in [0.25, 0.3) is 0 Å². The van der Waals surface area contributed by atoms with E-state index in [0.29, 0.717) is 5.56 Å².